The Morgan fingerprint density at radius 1 is 0.677 bits per heavy atom. The third-order valence-corrected chi connectivity index (χ3v) is 6.03. The van der Waals surface area contributed by atoms with Crippen molar-refractivity contribution >= 4 is 5.71 Å². The molecule has 0 spiro atoms. The van der Waals surface area contributed by atoms with Crippen molar-refractivity contribution in [2.45, 2.75) is 44.9 Å². The summed E-state index contributed by atoms with van der Waals surface area (Å²) in [6.45, 7) is 4.52. The maximum Gasteiger partial charge on any atom is 0.0596 e. The van der Waals surface area contributed by atoms with E-state index < -0.39 is 0 Å². The number of allylic oxidation sites excluding steroid dienone is 9. The molecule has 0 bridgehead atoms. The molecule has 0 fully saturated rings. The Balaban J connectivity index is 1.36. The van der Waals surface area contributed by atoms with Crippen LogP contribution >= 0.6 is 0 Å². The van der Waals surface area contributed by atoms with Gasteiger partial charge in [-0.1, -0.05) is 110 Å². The molecule has 0 heterocycles. The molecule has 4 rings (SSSR count). The minimum absolute atomic E-state index is 0.423. The number of nitrogens with zero attached hydrogens (tertiary/aromatic N) is 1. The van der Waals surface area contributed by atoms with Crippen LogP contribution in [0.4, 0.5) is 0 Å². The fourth-order valence-electron chi connectivity index (χ4n) is 4.15. The van der Waals surface area contributed by atoms with Crippen molar-refractivity contribution in [2.24, 2.45) is 4.99 Å². The summed E-state index contributed by atoms with van der Waals surface area (Å²) in [6.07, 6.45) is 18.8. The van der Waals surface area contributed by atoms with Gasteiger partial charge in [-0.2, -0.15) is 0 Å². The summed E-state index contributed by atoms with van der Waals surface area (Å²) >= 11 is 0. The highest BCUT2D eigenvalue weighted by Gasteiger charge is 2.10. The van der Waals surface area contributed by atoms with E-state index in [9.17, 15) is 0 Å². The van der Waals surface area contributed by atoms with Gasteiger partial charge in [0.15, 0.2) is 0 Å². The summed E-state index contributed by atoms with van der Waals surface area (Å²) in [6, 6.07) is 21.4. The minimum atomic E-state index is 0.423. The van der Waals surface area contributed by atoms with Gasteiger partial charge < -0.3 is 0 Å². The summed E-state index contributed by atoms with van der Waals surface area (Å²) in [4.78, 5) is 4.89. The third-order valence-electron chi connectivity index (χ3n) is 6.03. The van der Waals surface area contributed by atoms with Gasteiger partial charge in [-0.3, -0.25) is 4.99 Å². The fourth-order valence-corrected chi connectivity index (χ4v) is 4.15. The smallest absolute Gasteiger partial charge is 0.0596 e. The molecule has 2 aliphatic carbocycles. The maximum atomic E-state index is 4.89. The largest absolute Gasteiger partial charge is 0.254 e. The Hall–Kier alpha value is -3.19. The summed E-state index contributed by atoms with van der Waals surface area (Å²) < 4.78 is 0. The van der Waals surface area contributed by atoms with Crippen molar-refractivity contribution in [2.75, 3.05) is 0 Å². The molecule has 0 amide bonds. The summed E-state index contributed by atoms with van der Waals surface area (Å²) in [5.41, 5.74) is 7.74. The van der Waals surface area contributed by atoms with Crippen molar-refractivity contribution in [1.29, 1.82) is 0 Å². The molecule has 2 atom stereocenters. The Morgan fingerprint density at radius 3 is 1.77 bits per heavy atom. The monoisotopic (exact) mass is 405 g/mol. The van der Waals surface area contributed by atoms with Gasteiger partial charge in [0.2, 0.25) is 0 Å². The molecule has 2 aliphatic rings. The lowest BCUT2D eigenvalue weighted by atomic mass is 9.93. The van der Waals surface area contributed by atoms with Crippen molar-refractivity contribution in [3.63, 3.8) is 0 Å². The fraction of sp³-hybridized carbons (Fsp3) is 0.233. The Kier molecular flexibility index (Phi) is 6.94. The molecule has 156 valence electrons. The molecule has 0 aliphatic heterocycles. The van der Waals surface area contributed by atoms with Gasteiger partial charge in [0.05, 0.1) is 5.70 Å². The summed E-state index contributed by atoms with van der Waals surface area (Å²) in [5, 5.41) is 0. The first kappa shape index (κ1) is 21.1. The van der Waals surface area contributed by atoms with Gasteiger partial charge >= 0.3 is 0 Å². The molecule has 0 radical (unpaired) electrons. The highest BCUT2D eigenvalue weighted by atomic mass is 14.8. The standard InChI is InChI=1S/C30H31N/c1-23(27-9-5-3-6-10-27)21-25-13-17-29(18-14-25)31-30-19-15-26(16-20-30)22-24(2)28-11-7-4-8-12-28/h3-13,15,17-19,21-24H,14,16,20H2,1-2H3. The van der Waals surface area contributed by atoms with Crippen LogP contribution in [0.2, 0.25) is 0 Å². The molecule has 1 nitrogen and oxygen atoms in total. The van der Waals surface area contributed by atoms with Gasteiger partial charge in [0.1, 0.15) is 0 Å². The highest BCUT2D eigenvalue weighted by molar-refractivity contribution is 5.97. The lowest BCUT2D eigenvalue weighted by molar-refractivity contribution is 0.926. The van der Waals surface area contributed by atoms with Crippen molar-refractivity contribution in [3.8, 4) is 0 Å². The zero-order valence-electron chi connectivity index (χ0n) is 18.5. The van der Waals surface area contributed by atoms with E-state index >= 15 is 0 Å². The predicted octanol–water partition coefficient (Wildman–Crippen LogP) is 8.08. The Bertz CT molecular complexity index is 1060. The second kappa shape index (κ2) is 10.2. The first-order valence-electron chi connectivity index (χ1n) is 11.3. The normalized spacial score (nSPS) is 22.0. The first-order chi connectivity index (χ1) is 15.2. The number of benzene rings is 2. The van der Waals surface area contributed by atoms with E-state index in [1.807, 2.05) is 0 Å². The van der Waals surface area contributed by atoms with E-state index in [1.165, 1.54) is 28.0 Å². The van der Waals surface area contributed by atoms with Gasteiger partial charge in [-0.25, -0.2) is 0 Å². The predicted molar refractivity (Wildman–Crippen MR) is 134 cm³/mol. The van der Waals surface area contributed by atoms with E-state index in [0.717, 1.165) is 25.0 Å². The molecule has 0 aromatic heterocycles. The van der Waals surface area contributed by atoms with Crippen LogP contribution in [0.25, 0.3) is 0 Å². The van der Waals surface area contributed by atoms with Gasteiger partial charge in [-0.05, 0) is 60.0 Å². The molecule has 31 heavy (non-hydrogen) atoms. The third kappa shape index (κ3) is 5.92. The van der Waals surface area contributed by atoms with Crippen LogP contribution in [-0.2, 0) is 0 Å². The van der Waals surface area contributed by atoms with Crippen LogP contribution in [0.5, 0.6) is 0 Å². The molecule has 1 heteroatoms. The van der Waals surface area contributed by atoms with Crippen molar-refractivity contribution in [3.05, 3.63) is 131 Å². The van der Waals surface area contributed by atoms with Crippen molar-refractivity contribution in [1.82, 2.24) is 0 Å². The summed E-state index contributed by atoms with van der Waals surface area (Å²) in [5.74, 6) is 0.860. The van der Waals surface area contributed by atoms with Crippen LogP contribution in [0, 0.1) is 0 Å². The number of rotatable bonds is 5. The van der Waals surface area contributed by atoms with Crippen LogP contribution < -0.4 is 0 Å². The van der Waals surface area contributed by atoms with Crippen LogP contribution in [0.15, 0.2) is 125 Å². The molecule has 2 unspecified atom stereocenters. The zero-order chi connectivity index (χ0) is 21.5. The van der Waals surface area contributed by atoms with Crippen LogP contribution in [0.3, 0.4) is 0 Å². The van der Waals surface area contributed by atoms with E-state index in [2.05, 4.69) is 117 Å². The van der Waals surface area contributed by atoms with E-state index in [4.69, 9.17) is 4.99 Å². The van der Waals surface area contributed by atoms with Gasteiger partial charge in [0, 0.05) is 5.71 Å². The zero-order valence-corrected chi connectivity index (χ0v) is 18.5. The quantitative estimate of drug-likeness (QED) is 0.477. The molecule has 2 aromatic carbocycles. The van der Waals surface area contributed by atoms with Crippen LogP contribution in [0.1, 0.15) is 56.1 Å². The topological polar surface area (TPSA) is 12.4 Å². The lowest BCUT2D eigenvalue weighted by Crippen LogP contribution is -2.03. The SMILES string of the molecule is CC(C=C1C=CC(N=C2C=CC(=CC(C)c3ccccc3)CC2)=CC1)c1ccccc1. The average Bonchev–Trinajstić information content (AvgIpc) is 2.82. The van der Waals surface area contributed by atoms with Gasteiger partial charge in [0.25, 0.3) is 0 Å². The van der Waals surface area contributed by atoms with Crippen LogP contribution in [-0.4, -0.2) is 5.71 Å². The second-order valence-electron chi connectivity index (χ2n) is 8.48. The minimum Gasteiger partial charge on any atom is -0.254 e. The van der Waals surface area contributed by atoms with E-state index in [1.54, 1.807) is 0 Å². The maximum absolute atomic E-state index is 4.89. The molecular weight excluding hydrogens is 374 g/mol. The Labute approximate surface area is 186 Å². The van der Waals surface area contributed by atoms with E-state index in [-0.39, 0.29) is 0 Å². The van der Waals surface area contributed by atoms with E-state index in [0.29, 0.717) is 11.8 Å². The lowest BCUT2D eigenvalue weighted by Gasteiger charge is -2.15. The number of hydrogen-bond donors (Lipinski definition) is 0. The Morgan fingerprint density at radius 2 is 1.26 bits per heavy atom. The molecule has 0 saturated heterocycles. The van der Waals surface area contributed by atoms with Gasteiger partial charge in [-0.15, -0.1) is 0 Å². The number of aliphatic imine (C=N–C) groups is 1. The number of hydrogen-bond acceptors (Lipinski definition) is 1. The first-order valence-corrected chi connectivity index (χ1v) is 11.3. The average molecular weight is 406 g/mol. The van der Waals surface area contributed by atoms with Crippen molar-refractivity contribution < 1.29 is 0 Å². The molecule has 2 aromatic rings. The second-order valence-corrected chi connectivity index (χ2v) is 8.48. The summed E-state index contributed by atoms with van der Waals surface area (Å²) in [7, 11) is 0. The highest BCUT2D eigenvalue weighted by Crippen LogP contribution is 2.25. The molecule has 0 N–H and O–H groups in total. The molecular formula is C30H31N. The molecule has 0 saturated carbocycles.